The van der Waals surface area contributed by atoms with Crippen molar-refractivity contribution in [2.75, 3.05) is 0 Å². The molecule has 1 aromatic heterocycles. The largest absolute Gasteiger partial charge is 0.460 e. The molecule has 0 bridgehead atoms. The molecule has 5 unspecified atom stereocenters. The lowest BCUT2D eigenvalue weighted by Gasteiger charge is -2.72. The summed E-state index contributed by atoms with van der Waals surface area (Å²) in [5, 5.41) is 1.44. The van der Waals surface area contributed by atoms with Crippen LogP contribution in [0.5, 0.6) is 0 Å². The molecule has 1 N–H and O–H groups in total. The molecular formula is C43H57NO2. The Balaban J connectivity index is 1.16. The number of benzene rings is 2. The van der Waals surface area contributed by atoms with Gasteiger partial charge in [0.15, 0.2) is 0 Å². The molecule has 46 heavy (non-hydrogen) atoms. The Morgan fingerprint density at radius 3 is 2.33 bits per heavy atom. The van der Waals surface area contributed by atoms with E-state index in [1.54, 1.807) is 5.56 Å². The fourth-order valence-corrected chi connectivity index (χ4v) is 13.9. The minimum atomic E-state index is -0.316. The summed E-state index contributed by atoms with van der Waals surface area (Å²) in [5.41, 5.74) is 6.07. The first kappa shape index (κ1) is 30.8. The van der Waals surface area contributed by atoms with Crippen molar-refractivity contribution in [3.63, 3.8) is 0 Å². The molecular weight excluding hydrogens is 562 g/mol. The molecule has 8 rings (SSSR count). The van der Waals surface area contributed by atoms with E-state index in [0.717, 1.165) is 24.8 Å². The fraction of sp³-hybridized carbons (Fsp3) is 0.651. The van der Waals surface area contributed by atoms with Gasteiger partial charge in [0.1, 0.15) is 6.61 Å². The average molecular weight is 620 g/mol. The summed E-state index contributed by atoms with van der Waals surface area (Å²) in [7, 11) is 0. The number of nitrogens with one attached hydrogen (secondary N) is 1. The predicted octanol–water partition coefficient (Wildman–Crippen LogP) is 10.7. The van der Waals surface area contributed by atoms with E-state index in [-0.39, 0.29) is 33.0 Å². The Bertz CT molecular complexity index is 1650. The first-order valence-corrected chi connectivity index (χ1v) is 18.7. The molecule has 5 aliphatic carbocycles. The van der Waals surface area contributed by atoms with E-state index in [9.17, 15) is 4.79 Å². The molecule has 9 atom stereocenters. The highest BCUT2D eigenvalue weighted by Gasteiger charge is 2.72. The lowest BCUT2D eigenvalue weighted by atomic mass is 9.32. The number of aromatic nitrogens is 1. The number of fused-ring (bicyclic) bond motifs is 10. The topological polar surface area (TPSA) is 42.1 Å². The fourth-order valence-electron chi connectivity index (χ4n) is 13.9. The highest BCUT2D eigenvalue weighted by molar-refractivity contribution is 5.85. The highest BCUT2D eigenvalue weighted by Crippen LogP contribution is 2.77. The monoisotopic (exact) mass is 619 g/mol. The quantitative estimate of drug-likeness (QED) is 0.295. The Morgan fingerprint density at radius 2 is 1.57 bits per heavy atom. The number of aromatic amines is 1. The van der Waals surface area contributed by atoms with Gasteiger partial charge in [0, 0.05) is 22.0 Å². The second kappa shape index (κ2) is 10.2. The van der Waals surface area contributed by atoms with Crippen LogP contribution in [0, 0.1) is 57.2 Å². The predicted molar refractivity (Wildman–Crippen MR) is 187 cm³/mol. The van der Waals surface area contributed by atoms with Crippen molar-refractivity contribution >= 4 is 16.9 Å². The lowest BCUT2D eigenvalue weighted by Crippen LogP contribution is -2.67. The van der Waals surface area contributed by atoms with E-state index < -0.39 is 0 Å². The second-order valence-electron chi connectivity index (χ2n) is 18.3. The maximum absolute atomic E-state index is 14.4. The maximum atomic E-state index is 14.4. The van der Waals surface area contributed by atoms with Crippen molar-refractivity contribution in [2.24, 2.45) is 57.2 Å². The summed E-state index contributed by atoms with van der Waals surface area (Å²) in [6.07, 6.45) is 10.7. The van der Waals surface area contributed by atoms with Crippen LogP contribution < -0.4 is 0 Å². The third-order valence-electron chi connectivity index (χ3n) is 16.1. The molecule has 3 aromatic rings. The zero-order valence-electron chi connectivity index (χ0n) is 29.5. The van der Waals surface area contributed by atoms with Crippen LogP contribution >= 0.6 is 0 Å². The van der Waals surface area contributed by atoms with E-state index in [1.807, 2.05) is 18.2 Å². The van der Waals surface area contributed by atoms with Crippen LogP contribution in [-0.4, -0.2) is 11.0 Å². The van der Waals surface area contributed by atoms with Gasteiger partial charge in [0.25, 0.3) is 0 Å². The molecule has 0 radical (unpaired) electrons. The normalized spacial score (nSPS) is 40.8. The summed E-state index contributed by atoms with van der Waals surface area (Å²) in [6, 6.07) is 19.3. The van der Waals surface area contributed by atoms with Crippen molar-refractivity contribution in [2.45, 2.75) is 118 Å². The van der Waals surface area contributed by atoms with Gasteiger partial charge >= 0.3 is 5.97 Å². The number of ether oxygens (including phenoxy) is 1. The van der Waals surface area contributed by atoms with Gasteiger partial charge in [-0.3, -0.25) is 4.79 Å². The number of carbonyl (C=O) groups is 1. The second-order valence-corrected chi connectivity index (χ2v) is 18.3. The molecule has 0 aliphatic heterocycles. The average Bonchev–Trinajstić information content (AvgIpc) is 3.61. The molecule has 2 aromatic carbocycles. The van der Waals surface area contributed by atoms with Gasteiger partial charge < -0.3 is 9.72 Å². The molecule has 5 aliphatic rings. The molecule has 0 amide bonds. The van der Waals surface area contributed by atoms with Crippen LogP contribution in [0.3, 0.4) is 0 Å². The van der Waals surface area contributed by atoms with Crippen molar-refractivity contribution in [1.82, 2.24) is 4.98 Å². The Hall–Kier alpha value is -2.55. The van der Waals surface area contributed by atoms with Crippen molar-refractivity contribution in [1.29, 1.82) is 0 Å². The summed E-state index contributed by atoms with van der Waals surface area (Å²) >= 11 is 0. The molecule has 246 valence electrons. The zero-order chi connectivity index (χ0) is 32.3. The number of rotatable bonds is 4. The summed E-state index contributed by atoms with van der Waals surface area (Å²) in [4.78, 5) is 18.3. The summed E-state index contributed by atoms with van der Waals surface area (Å²) in [6.45, 7) is 18.5. The Kier molecular flexibility index (Phi) is 6.84. The SMILES string of the molecule is CC(C)C1CC[C@]2(C(=O)OCc3ccccc3)CC[C@]3(C)C(CCC4[C@@]5(C)Cc6c([nH]c7ccccc67)C(C)(C)C5CC[C@]43C)C12. The lowest BCUT2D eigenvalue weighted by molar-refractivity contribution is -0.231. The van der Waals surface area contributed by atoms with Crippen LogP contribution in [0.15, 0.2) is 54.6 Å². The van der Waals surface area contributed by atoms with Gasteiger partial charge in [0.05, 0.1) is 5.41 Å². The van der Waals surface area contributed by atoms with Crippen molar-refractivity contribution < 1.29 is 9.53 Å². The van der Waals surface area contributed by atoms with Crippen molar-refractivity contribution in [3.05, 3.63) is 71.4 Å². The zero-order valence-corrected chi connectivity index (χ0v) is 29.5. The van der Waals surface area contributed by atoms with E-state index in [4.69, 9.17) is 4.74 Å². The smallest absolute Gasteiger partial charge is 0.312 e. The third kappa shape index (κ3) is 3.93. The van der Waals surface area contributed by atoms with Gasteiger partial charge in [-0.05, 0) is 127 Å². The molecule has 0 spiro atoms. The number of para-hydroxylation sites is 1. The van der Waals surface area contributed by atoms with E-state index in [1.165, 1.54) is 55.1 Å². The van der Waals surface area contributed by atoms with Gasteiger partial charge in [-0.1, -0.05) is 97.0 Å². The molecule has 4 saturated carbocycles. The van der Waals surface area contributed by atoms with E-state index in [0.29, 0.717) is 42.1 Å². The van der Waals surface area contributed by atoms with E-state index >= 15 is 0 Å². The molecule has 3 nitrogen and oxygen atoms in total. The number of hydrogen-bond donors (Lipinski definition) is 1. The standard InChI is InChI=1S/C43H57NO2/c1-27(2)29-19-22-43(38(45)46-26-28-13-9-8-10-14-28)24-23-41(6)32(36(29)43)17-18-35-40(5)25-31-30-15-11-12-16-33(30)44-37(31)39(3,4)34(40)20-21-42(35,41)7/h8-16,27,29,32,34-36,44H,17-26H2,1-7H3/t29?,32?,34?,35?,36?,40-,41+,42+,43-/m0/s1. The van der Waals surface area contributed by atoms with Gasteiger partial charge in [0.2, 0.25) is 0 Å². The minimum Gasteiger partial charge on any atom is -0.460 e. The van der Waals surface area contributed by atoms with Crippen LogP contribution in [-0.2, 0) is 28.0 Å². The number of H-pyrrole nitrogens is 1. The molecule has 0 saturated heterocycles. The number of carbonyl (C=O) groups excluding carboxylic acids is 1. The number of esters is 1. The van der Waals surface area contributed by atoms with Crippen LogP contribution in [0.2, 0.25) is 0 Å². The van der Waals surface area contributed by atoms with Gasteiger partial charge in [-0.15, -0.1) is 0 Å². The molecule has 1 heterocycles. The maximum Gasteiger partial charge on any atom is 0.312 e. The first-order chi connectivity index (χ1) is 21.9. The first-order valence-electron chi connectivity index (χ1n) is 18.7. The van der Waals surface area contributed by atoms with Crippen LogP contribution in [0.1, 0.15) is 117 Å². The van der Waals surface area contributed by atoms with Gasteiger partial charge in [-0.25, -0.2) is 0 Å². The van der Waals surface area contributed by atoms with Gasteiger partial charge in [-0.2, -0.15) is 0 Å². The minimum absolute atomic E-state index is 0.107. The summed E-state index contributed by atoms with van der Waals surface area (Å²) < 4.78 is 6.27. The van der Waals surface area contributed by atoms with Crippen molar-refractivity contribution in [3.8, 4) is 0 Å². The summed E-state index contributed by atoms with van der Waals surface area (Å²) in [5.74, 6) is 3.68. The molecule has 4 fully saturated rings. The van der Waals surface area contributed by atoms with Crippen LogP contribution in [0.25, 0.3) is 10.9 Å². The Labute approximate surface area is 277 Å². The number of hydrogen-bond acceptors (Lipinski definition) is 2. The molecule has 3 heteroatoms. The van der Waals surface area contributed by atoms with E-state index in [2.05, 4.69) is 89.8 Å². The highest BCUT2D eigenvalue weighted by atomic mass is 16.5. The third-order valence-corrected chi connectivity index (χ3v) is 16.1. The van der Waals surface area contributed by atoms with Crippen LogP contribution in [0.4, 0.5) is 0 Å². The Morgan fingerprint density at radius 1 is 0.826 bits per heavy atom.